The van der Waals surface area contributed by atoms with Gasteiger partial charge in [0.1, 0.15) is 0 Å². The molecule has 1 atom stereocenters. The molecule has 0 spiro atoms. The fraction of sp³-hybridized carbons (Fsp3) is 0.304. The minimum Gasteiger partial charge on any atom is -0.395 e. The van der Waals surface area contributed by atoms with Crippen molar-refractivity contribution in [2.75, 3.05) is 43.9 Å². The Balaban J connectivity index is 1.76. The Kier molecular flexibility index (Phi) is 9.21. The van der Waals surface area contributed by atoms with Crippen LogP contribution in [0.1, 0.15) is 6.42 Å². The van der Waals surface area contributed by atoms with E-state index in [0.717, 1.165) is 11.9 Å². The molecule has 0 radical (unpaired) electrons. The SMILES string of the molecule is CNCCNC(=O)C=C1CC=CC(=Nc2ncc(F)c(Nc3cccc(NCCO)c3)n2)C1N. The van der Waals surface area contributed by atoms with Crippen LogP contribution in [-0.2, 0) is 4.79 Å². The lowest BCUT2D eigenvalue weighted by molar-refractivity contribution is -0.116. The molecule has 7 N–H and O–H groups in total. The van der Waals surface area contributed by atoms with Crippen LogP contribution in [-0.4, -0.2) is 66.0 Å². The third kappa shape index (κ3) is 7.17. The summed E-state index contributed by atoms with van der Waals surface area (Å²) in [6.45, 7) is 1.56. The smallest absolute Gasteiger partial charge is 0.251 e. The van der Waals surface area contributed by atoms with Crippen molar-refractivity contribution < 1.29 is 14.3 Å². The molecule has 11 heteroatoms. The Morgan fingerprint density at radius 3 is 2.94 bits per heavy atom. The van der Waals surface area contributed by atoms with Gasteiger partial charge < -0.3 is 32.1 Å². The molecule has 1 heterocycles. The number of hydrogen-bond donors (Lipinski definition) is 6. The highest BCUT2D eigenvalue weighted by molar-refractivity contribution is 6.04. The van der Waals surface area contributed by atoms with E-state index >= 15 is 0 Å². The molecule has 0 saturated carbocycles. The number of aliphatic hydroxyl groups is 1. The van der Waals surface area contributed by atoms with Crippen LogP contribution in [0.2, 0.25) is 0 Å². The predicted molar refractivity (Wildman–Crippen MR) is 131 cm³/mol. The van der Waals surface area contributed by atoms with E-state index < -0.39 is 11.9 Å². The van der Waals surface area contributed by atoms with Crippen molar-refractivity contribution in [2.24, 2.45) is 10.7 Å². The van der Waals surface area contributed by atoms with E-state index in [0.29, 0.717) is 43.0 Å². The number of nitrogens with two attached hydrogens (primary N) is 1. The minimum absolute atomic E-state index is 0.00358. The second-order valence-electron chi connectivity index (χ2n) is 7.46. The van der Waals surface area contributed by atoms with Gasteiger partial charge in [0, 0.05) is 37.1 Å². The van der Waals surface area contributed by atoms with Gasteiger partial charge in [-0.05, 0) is 43.3 Å². The molecule has 1 amide bonds. The summed E-state index contributed by atoms with van der Waals surface area (Å²) in [6.07, 6.45) is 6.64. The van der Waals surface area contributed by atoms with E-state index in [1.165, 1.54) is 6.08 Å². The van der Waals surface area contributed by atoms with Crippen molar-refractivity contribution in [1.29, 1.82) is 0 Å². The maximum atomic E-state index is 14.4. The first kappa shape index (κ1) is 25.0. The minimum atomic E-state index is -0.639. The second kappa shape index (κ2) is 12.5. The van der Waals surface area contributed by atoms with Crippen molar-refractivity contribution in [3.05, 3.63) is 60.1 Å². The second-order valence-corrected chi connectivity index (χ2v) is 7.46. The highest BCUT2D eigenvalue weighted by Gasteiger charge is 2.19. The Morgan fingerprint density at radius 1 is 1.32 bits per heavy atom. The molecule has 3 rings (SSSR count). The topological polar surface area (TPSA) is 150 Å². The molecule has 1 aliphatic carbocycles. The van der Waals surface area contributed by atoms with Gasteiger partial charge in [-0.2, -0.15) is 4.98 Å². The number of aliphatic imine (C=N–C) groups is 1. The van der Waals surface area contributed by atoms with Gasteiger partial charge >= 0.3 is 0 Å². The summed E-state index contributed by atoms with van der Waals surface area (Å²) in [4.78, 5) is 24.6. The van der Waals surface area contributed by atoms with Crippen LogP contribution < -0.4 is 27.0 Å². The molecule has 1 unspecified atom stereocenters. The molecule has 0 bridgehead atoms. The molecular formula is C23H29FN8O2. The number of aromatic nitrogens is 2. The van der Waals surface area contributed by atoms with Crippen LogP contribution in [0, 0.1) is 5.82 Å². The first-order valence-electron chi connectivity index (χ1n) is 10.9. The van der Waals surface area contributed by atoms with E-state index in [1.54, 1.807) is 31.3 Å². The highest BCUT2D eigenvalue weighted by Crippen LogP contribution is 2.23. The van der Waals surface area contributed by atoms with E-state index in [1.807, 2.05) is 12.1 Å². The van der Waals surface area contributed by atoms with Gasteiger partial charge in [0.2, 0.25) is 5.91 Å². The molecule has 180 valence electrons. The normalized spacial score (nSPS) is 17.7. The van der Waals surface area contributed by atoms with Crippen molar-refractivity contribution in [3.8, 4) is 0 Å². The van der Waals surface area contributed by atoms with Gasteiger partial charge in [0.15, 0.2) is 11.6 Å². The summed E-state index contributed by atoms with van der Waals surface area (Å²) in [7, 11) is 1.81. The van der Waals surface area contributed by atoms with Crippen LogP contribution in [0.4, 0.5) is 27.5 Å². The Bertz CT molecular complexity index is 1090. The summed E-state index contributed by atoms with van der Waals surface area (Å²) < 4.78 is 14.4. The van der Waals surface area contributed by atoms with Crippen LogP contribution in [0.3, 0.4) is 0 Å². The predicted octanol–water partition coefficient (Wildman–Crippen LogP) is 1.39. The Morgan fingerprint density at radius 2 is 2.15 bits per heavy atom. The van der Waals surface area contributed by atoms with Gasteiger partial charge in [-0.15, -0.1) is 0 Å². The van der Waals surface area contributed by atoms with Crippen LogP contribution in [0.25, 0.3) is 0 Å². The van der Waals surface area contributed by atoms with Crippen LogP contribution >= 0.6 is 0 Å². The fourth-order valence-corrected chi connectivity index (χ4v) is 3.18. The van der Waals surface area contributed by atoms with E-state index in [4.69, 9.17) is 10.8 Å². The van der Waals surface area contributed by atoms with Gasteiger partial charge in [0.05, 0.1) is 24.6 Å². The molecule has 2 aromatic rings. The number of carbonyl (C=O) groups excluding carboxylic acids is 1. The van der Waals surface area contributed by atoms with Crippen molar-refractivity contribution in [1.82, 2.24) is 20.6 Å². The molecule has 0 fully saturated rings. The van der Waals surface area contributed by atoms with Crippen molar-refractivity contribution in [2.45, 2.75) is 12.5 Å². The summed E-state index contributed by atoms with van der Waals surface area (Å²) in [6, 6.07) is 6.53. The maximum Gasteiger partial charge on any atom is 0.251 e. The summed E-state index contributed by atoms with van der Waals surface area (Å²) in [5, 5.41) is 20.7. The first-order valence-corrected chi connectivity index (χ1v) is 10.9. The highest BCUT2D eigenvalue weighted by atomic mass is 19.1. The lowest BCUT2D eigenvalue weighted by atomic mass is 9.94. The number of nitrogens with zero attached hydrogens (tertiary/aromatic N) is 3. The zero-order valence-electron chi connectivity index (χ0n) is 18.9. The quantitative estimate of drug-likeness (QED) is 0.226. The monoisotopic (exact) mass is 468 g/mol. The zero-order chi connectivity index (χ0) is 24.3. The van der Waals surface area contributed by atoms with Crippen LogP contribution in [0.15, 0.2) is 59.3 Å². The number of amides is 1. The maximum absolute atomic E-state index is 14.4. The number of nitrogens with one attached hydrogen (secondary N) is 4. The number of aliphatic hydroxyl groups excluding tert-OH is 1. The molecule has 1 aromatic heterocycles. The summed E-state index contributed by atoms with van der Waals surface area (Å²) in [5.41, 5.74) is 8.85. The molecule has 1 aromatic carbocycles. The fourth-order valence-electron chi connectivity index (χ4n) is 3.18. The molecule has 34 heavy (non-hydrogen) atoms. The van der Waals surface area contributed by atoms with Gasteiger partial charge in [-0.25, -0.2) is 14.4 Å². The van der Waals surface area contributed by atoms with Crippen molar-refractivity contribution in [3.63, 3.8) is 0 Å². The van der Waals surface area contributed by atoms with E-state index in [2.05, 4.69) is 36.2 Å². The molecule has 10 nitrogen and oxygen atoms in total. The number of likely N-dealkylation sites (N-methyl/N-ethyl adjacent to an activating group) is 1. The number of rotatable bonds is 10. The average Bonchev–Trinajstić information content (AvgIpc) is 2.83. The Hall–Kier alpha value is -3.67. The number of allylic oxidation sites excluding steroid dienone is 1. The van der Waals surface area contributed by atoms with Crippen molar-refractivity contribution >= 4 is 34.8 Å². The number of halogens is 1. The molecule has 0 aliphatic heterocycles. The standard InChI is InChI=1S/C23H29FN8O2/c1-26-8-9-28-20(34)12-15-4-2-7-19(21(15)25)31-23-29-14-18(24)22(32-23)30-17-6-3-5-16(13-17)27-10-11-33/h2-3,5-7,12-14,21,26-27,33H,4,8-11,25H2,1H3,(H,28,34)(H,29,30,32). The van der Waals surface area contributed by atoms with Gasteiger partial charge in [-0.1, -0.05) is 12.1 Å². The summed E-state index contributed by atoms with van der Waals surface area (Å²) >= 11 is 0. The first-order chi connectivity index (χ1) is 16.5. The molecular weight excluding hydrogens is 439 g/mol. The number of hydrogen-bond acceptors (Lipinski definition) is 9. The molecule has 0 saturated heterocycles. The average molecular weight is 469 g/mol. The van der Waals surface area contributed by atoms with Gasteiger partial charge in [-0.3, -0.25) is 4.79 Å². The lowest BCUT2D eigenvalue weighted by Gasteiger charge is -2.19. The number of benzene rings is 1. The third-order valence-electron chi connectivity index (χ3n) is 4.88. The number of carbonyl (C=O) groups is 1. The van der Waals surface area contributed by atoms with E-state index in [-0.39, 0.29) is 24.3 Å². The number of anilines is 3. The zero-order valence-corrected chi connectivity index (χ0v) is 18.9. The molecule has 1 aliphatic rings. The third-order valence-corrected chi connectivity index (χ3v) is 4.88. The largest absolute Gasteiger partial charge is 0.395 e. The van der Waals surface area contributed by atoms with Gasteiger partial charge in [0.25, 0.3) is 5.95 Å². The van der Waals surface area contributed by atoms with Crippen LogP contribution in [0.5, 0.6) is 0 Å². The Labute approximate surface area is 197 Å². The van der Waals surface area contributed by atoms with E-state index in [9.17, 15) is 9.18 Å². The lowest BCUT2D eigenvalue weighted by Crippen LogP contribution is -2.35. The summed E-state index contributed by atoms with van der Waals surface area (Å²) in [5.74, 6) is -0.870.